The smallest absolute Gasteiger partial charge is 0.306 e. The van der Waals surface area contributed by atoms with Gasteiger partial charge in [0.1, 0.15) is 0 Å². The van der Waals surface area contributed by atoms with Gasteiger partial charge < -0.3 is 10.4 Å². The molecule has 5 nitrogen and oxygen atoms in total. The number of hydrogen-bond acceptors (Lipinski definition) is 3. The fourth-order valence-corrected chi connectivity index (χ4v) is 2.59. The molecule has 1 saturated carbocycles. The summed E-state index contributed by atoms with van der Waals surface area (Å²) >= 11 is 0. The maximum Gasteiger partial charge on any atom is 0.306 e. The predicted molar refractivity (Wildman–Crippen MR) is 73.9 cm³/mol. The molecular weight excluding hydrogens is 256 g/mol. The van der Waals surface area contributed by atoms with Crippen molar-refractivity contribution in [1.29, 1.82) is 0 Å². The Hall–Kier alpha value is -1.91. The van der Waals surface area contributed by atoms with Gasteiger partial charge in [-0.15, -0.1) is 0 Å². The minimum absolute atomic E-state index is 0.0449. The summed E-state index contributed by atoms with van der Waals surface area (Å²) in [6, 6.07) is 3.84. The summed E-state index contributed by atoms with van der Waals surface area (Å²) in [5.41, 5.74) is 1.89. The Morgan fingerprint density at radius 2 is 2.10 bits per heavy atom. The number of carbonyl (C=O) groups excluding carboxylic acids is 1. The number of aliphatic carboxylic acids is 1. The number of amides is 1. The van der Waals surface area contributed by atoms with Gasteiger partial charge >= 0.3 is 5.97 Å². The predicted octanol–water partition coefficient (Wildman–Crippen LogP) is 1.90. The number of rotatable bonds is 4. The third-order valence-electron chi connectivity index (χ3n) is 3.83. The average Bonchev–Trinajstić information content (AvgIpc) is 2.46. The zero-order chi connectivity index (χ0) is 14.5. The van der Waals surface area contributed by atoms with Gasteiger partial charge in [-0.2, -0.15) is 0 Å². The van der Waals surface area contributed by atoms with Crippen molar-refractivity contribution >= 4 is 11.9 Å². The summed E-state index contributed by atoms with van der Waals surface area (Å²) in [7, 11) is 0. The first kappa shape index (κ1) is 14.5. The molecule has 2 N–H and O–H groups in total. The van der Waals surface area contributed by atoms with Gasteiger partial charge in [-0.1, -0.05) is 12.5 Å². The minimum atomic E-state index is -0.787. The van der Waals surface area contributed by atoms with Gasteiger partial charge in [0.25, 0.3) is 0 Å². The molecule has 0 bridgehead atoms. The number of nitrogens with zero attached hydrogens (tertiary/aromatic N) is 1. The van der Waals surface area contributed by atoms with E-state index in [0.717, 1.165) is 24.1 Å². The number of pyridine rings is 1. The van der Waals surface area contributed by atoms with Crippen LogP contribution in [0.4, 0.5) is 0 Å². The van der Waals surface area contributed by atoms with Crippen molar-refractivity contribution in [1.82, 2.24) is 10.3 Å². The number of carboxylic acids is 1. The molecule has 1 aromatic heterocycles. The molecule has 0 aromatic carbocycles. The lowest BCUT2D eigenvalue weighted by atomic mass is 9.81. The Bertz CT molecular complexity index is 484. The highest BCUT2D eigenvalue weighted by Crippen LogP contribution is 2.29. The molecule has 5 heteroatoms. The minimum Gasteiger partial charge on any atom is -0.481 e. The van der Waals surface area contributed by atoms with Crippen LogP contribution in [0.3, 0.4) is 0 Å². The quantitative estimate of drug-likeness (QED) is 0.880. The molecule has 1 aliphatic rings. The van der Waals surface area contributed by atoms with Crippen molar-refractivity contribution in [2.75, 3.05) is 0 Å². The maximum atomic E-state index is 12.1. The summed E-state index contributed by atoms with van der Waals surface area (Å²) in [6.07, 6.45) is 4.47. The van der Waals surface area contributed by atoms with E-state index < -0.39 is 5.97 Å². The van der Waals surface area contributed by atoms with Crippen LogP contribution in [0.15, 0.2) is 18.3 Å². The highest BCUT2D eigenvalue weighted by atomic mass is 16.4. The summed E-state index contributed by atoms with van der Waals surface area (Å²) < 4.78 is 0. The largest absolute Gasteiger partial charge is 0.481 e. The molecule has 1 fully saturated rings. The highest BCUT2D eigenvalue weighted by molar-refractivity contribution is 5.80. The molecule has 0 aliphatic heterocycles. The number of nitrogens with one attached hydrogen (secondary N) is 1. The second-order valence-corrected chi connectivity index (χ2v) is 5.42. The topological polar surface area (TPSA) is 79.3 Å². The standard InChI is InChI=1S/C15H20N2O3/c1-10-5-6-11(8-16-10)9-17-14(18)12-3-2-4-13(7-12)15(19)20/h5-6,8,12-13H,2-4,7,9H2,1H3,(H,17,18)(H,19,20). The van der Waals surface area contributed by atoms with Crippen LogP contribution < -0.4 is 5.32 Å². The van der Waals surface area contributed by atoms with Gasteiger partial charge in [-0.3, -0.25) is 14.6 Å². The lowest BCUT2D eigenvalue weighted by molar-refractivity contribution is -0.144. The number of hydrogen-bond donors (Lipinski definition) is 2. The number of carbonyl (C=O) groups is 2. The van der Waals surface area contributed by atoms with E-state index in [4.69, 9.17) is 5.11 Å². The van der Waals surface area contributed by atoms with Gasteiger partial charge in [0, 0.05) is 24.4 Å². The van der Waals surface area contributed by atoms with Gasteiger partial charge in [0.05, 0.1) is 5.92 Å². The van der Waals surface area contributed by atoms with E-state index in [2.05, 4.69) is 10.3 Å². The van der Waals surface area contributed by atoms with Crippen molar-refractivity contribution in [2.45, 2.75) is 39.2 Å². The van der Waals surface area contributed by atoms with Gasteiger partial charge in [-0.05, 0) is 37.8 Å². The molecule has 1 aliphatic carbocycles. The molecule has 1 aromatic rings. The van der Waals surface area contributed by atoms with Crippen LogP contribution in [0.25, 0.3) is 0 Å². The third kappa shape index (κ3) is 3.79. The van der Waals surface area contributed by atoms with Crippen LogP contribution in [0.5, 0.6) is 0 Å². The number of aromatic nitrogens is 1. The first-order chi connectivity index (χ1) is 9.56. The zero-order valence-corrected chi connectivity index (χ0v) is 11.6. The maximum absolute atomic E-state index is 12.1. The van der Waals surface area contributed by atoms with Crippen molar-refractivity contribution in [3.8, 4) is 0 Å². The summed E-state index contributed by atoms with van der Waals surface area (Å²) in [4.78, 5) is 27.3. The molecule has 1 heterocycles. The van der Waals surface area contributed by atoms with Gasteiger partial charge in [0.2, 0.25) is 5.91 Å². The summed E-state index contributed by atoms with van der Waals surface area (Å²) in [6.45, 7) is 2.36. The molecule has 0 radical (unpaired) electrons. The van der Waals surface area contributed by atoms with Crippen LogP contribution in [0.2, 0.25) is 0 Å². The Labute approximate surface area is 118 Å². The van der Waals surface area contributed by atoms with Gasteiger partial charge in [-0.25, -0.2) is 0 Å². The van der Waals surface area contributed by atoms with E-state index in [0.29, 0.717) is 19.4 Å². The molecule has 1 amide bonds. The first-order valence-electron chi connectivity index (χ1n) is 6.98. The van der Waals surface area contributed by atoms with E-state index in [9.17, 15) is 9.59 Å². The Kier molecular flexibility index (Phi) is 4.71. The van der Waals surface area contributed by atoms with Crippen LogP contribution in [-0.4, -0.2) is 22.0 Å². The highest BCUT2D eigenvalue weighted by Gasteiger charge is 2.30. The first-order valence-corrected chi connectivity index (χ1v) is 6.98. The van der Waals surface area contributed by atoms with E-state index in [1.165, 1.54) is 0 Å². The normalized spacial score (nSPS) is 22.2. The number of carboxylic acid groups (broad SMARTS) is 1. The average molecular weight is 276 g/mol. The lowest BCUT2D eigenvalue weighted by Crippen LogP contribution is -2.35. The van der Waals surface area contributed by atoms with Crippen LogP contribution in [0.1, 0.15) is 36.9 Å². The lowest BCUT2D eigenvalue weighted by Gasteiger charge is -2.25. The molecule has 2 unspecified atom stereocenters. The van der Waals surface area contributed by atoms with Crippen LogP contribution in [0, 0.1) is 18.8 Å². The monoisotopic (exact) mass is 276 g/mol. The Morgan fingerprint density at radius 1 is 1.35 bits per heavy atom. The van der Waals surface area contributed by atoms with Gasteiger partial charge in [0.15, 0.2) is 0 Å². The Balaban J connectivity index is 1.85. The molecule has 20 heavy (non-hydrogen) atoms. The SMILES string of the molecule is Cc1ccc(CNC(=O)C2CCCC(C(=O)O)C2)cn1. The van der Waals surface area contributed by atoms with Crippen molar-refractivity contribution in [3.63, 3.8) is 0 Å². The van der Waals surface area contributed by atoms with E-state index >= 15 is 0 Å². The molecule has 0 spiro atoms. The van der Waals surface area contributed by atoms with Crippen LogP contribution >= 0.6 is 0 Å². The van der Waals surface area contributed by atoms with Crippen LogP contribution in [-0.2, 0) is 16.1 Å². The second kappa shape index (κ2) is 6.50. The van der Waals surface area contributed by atoms with Crippen molar-refractivity contribution in [2.24, 2.45) is 11.8 Å². The second-order valence-electron chi connectivity index (χ2n) is 5.42. The van der Waals surface area contributed by atoms with E-state index in [1.807, 2.05) is 19.1 Å². The van der Waals surface area contributed by atoms with Crippen molar-refractivity contribution in [3.05, 3.63) is 29.6 Å². The van der Waals surface area contributed by atoms with E-state index in [1.54, 1.807) is 6.20 Å². The summed E-state index contributed by atoms with van der Waals surface area (Å²) in [5.74, 6) is -1.38. The van der Waals surface area contributed by atoms with E-state index in [-0.39, 0.29) is 17.7 Å². The fourth-order valence-electron chi connectivity index (χ4n) is 2.59. The Morgan fingerprint density at radius 3 is 2.75 bits per heavy atom. The van der Waals surface area contributed by atoms with Crippen molar-refractivity contribution < 1.29 is 14.7 Å². The molecule has 0 saturated heterocycles. The molecule has 2 rings (SSSR count). The molecule has 2 atom stereocenters. The zero-order valence-electron chi connectivity index (χ0n) is 11.6. The fraction of sp³-hybridized carbons (Fsp3) is 0.533. The molecule has 108 valence electrons. The molecular formula is C15H20N2O3. The number of aryl methyl sites for hydroxylation is 1. The third-order valence-corrected chi connectivity index (χ3v) is 3.83. The summed E-state index contributed by atoms with van der Waals surface area (Å²) in [5, 5.41) is 11.9.